The van der Waals surface area contributed by atoms with E-state index in [0.29, 0.717) is 24.0 Å². The average molecular weight is 387 g/mol. The first kappa shape index (κ1) is 21.0. The highest BCUT2D eigenvalue weighted by Gasteiger charge is 2.13. The van der Waals surface area contributed by atoms with Gasteiger partial charge in [0, 0.05) is 37.1 Å². The van der Waals surface area contributed by atoms with Crippen LogP contribution in [-0.2, 0) is 16.0 Å². The van der Waals surface area contributed by atoms with Crippen LogP contribution in [0.3, 0.4) is 0 Å². The van der Waals surface area contributed by atoms with Gasteiger partial charge in [-0.25, -0.2) is 0 Å². The van der Waals surface area contributed by atoms with Gasteiger partial charge >= 0.3 is 0 Å². The third-order valence-electron chi connectivity index (χ3n) is 4.44. The lowest BCUT2D eigenvalue weighted by Gasteiger charge is -2.21. The van der Waals surface area contributed by atoms with Gasteiger partial charge in [-0.2, -0.15) is 0 Å². The molecule has 0 heterocycles. The Morgan fingerprint density at radius 1 is 1.11 bits per heavy atom. The van der Waals surface area contributed by atoms with Crippen LogP contribution in [0.15, 0.2) is 48.5 Å². The van der Waals surface area contributed by atoms with Crippen LogP contribution in [0.4, 0.5) is 5.69 Å². The molecule has 0 aliphatic rings. The van der Waals surface area contributed by atoms with Crippen LogP contribution in [0, 0.1) is 0 Å². The number of carbonyl (C=O) groups excluding carboxylic acids is 2. The van der Waals surface area contributed by atoms with Gasteiger partial charge in [0.15, 0.2) is 0 Å². The van der Waals surface area contributed by atoms with Crippen molar-refractivity contribution in [2.45, 2.75) is 39.5 Å². The molecule has 1 N–H and O–H groups in total. The zero-order valence-corrected chi connectivity index (χ0v) is 16.9. The number of hydrogen-bond acceptors (Lipinski definition) is 2. The van der Waals surface area contributed by atoms with E-state index < -0.39 is 0 Å². The molecule has 2 aromatic rings. The highest BCUT2D eigenvalue weighted by atomic mass is 35.5. The SMILES string of the molecule is CC(=O)N(CCC(=O)NCCc1cccc(Cl)c1)c1ccc(C(C)C)cc1. The first-order chi connectivity index (χ1) is 12.9. The number of rotatable bonds is 8. The second kappa shape index (κ2) is 10.1. The standard InChI is InChI=1S/C22H27ClN2O2/c1-16(2)19-7-9-21(10-8-19)25(17(3)26)14-12-22(27)24-13-11-18-5-4-6-20(23)15-18/h4-10,15-16H,11-14H2,1-3H3,(H,24,27). The molecule has 0 unspecified atom stereocenters. The monoisotopic (exact) mass is 386 g/mol. The van der Waals surface area contributed by atoms with Crippen molar-refractivity contribution in [2.24, 2.45) is 0 Å². The van der Waals surface area contributed by atoms with Crippen molar-refractivity contribution in [3.8, 4) is 0 Å². The minimum atomic E-state index is -0.0703. The van der Waals surface area contributed by atoms with E-state index in [4.69, 9.17) is 11.6 Å². The summed E-state index contributed by atoms with van der Waals surface area (Å²) in [5, 5.41) is 3.59. The van der Waals surface area contributed by atoms with E-state index in [0.717, 1.165) is 17.7 Å². The molecule has 0 radical (unpaired) electrons. The summed E-state index contributed by atoms with van der Waals surface area (Å²) < 4.78 is 0. The largest absolute Gasteiger partial charge is 0.356 e. The van der Waals surface area contributed by atoms with Crippen LogP contribution in [0.5, 0.6) is 0 Å². The average Bonchev–Trinajstić information content (AvgIpc) is 2.62. The van der Waals surface area contributed by atoms with Gasteiger partial charge in [0.05, 0.1) is 0 Å². The van der Waals surface area contributed by atoms with Crippen molar-refractivity contribution in [1.82, 2.24) is 5.32 Å². The van der Waals surface area contributed by atoms with Crippen LogP contribution >= 0.6 is 11.6 Å². The fraction of sp³-hybridized carbons (Fsp3) is 0.364. The van der Waals surface area contributed by atoms with E-state index in [-0.39, 0.29) is 18.2 Å². The fourth-order valence-electron chi connectivity index (χ4n) is 2.85. The second-order valence-corrected chi connectivity index (χ2v) is 7.33. The summed E-state index contributed by atoms with van der Waals surface area (Å²) >= 11 is 5.96. The lowest BCUT2D eigenvalue weighted by atomic mass is 10.0. The fourth-order valence-corrected chi connectivity index (χ4v) is 3.06. The van der Waals surface area contributed by atoms with Crippen LogP contribution in [0.1, 0.15) is 44.2 Å². The van der Waals surface area contributed by atoms with E-state index in [1.54, 1.807) is 4.90 Å². The van der Waals surface area contributed by atoms with Crippen molar-refractivity contribution in [3.63, 3.8) is 0 Å². The van der Waals surface area contributed by atoms with Gasteiger partial charge < -0.3 is 10.2 Å². The summed E-state index contributed by atoms with van der Waals surface area (Å²) in [6.07, 6.45) is 0.987. The minimum Gasteiger partial charge on any atom is -0.356 e. The number of benzene rings is 2. The van der Waals surface area contributed by atoms with Crippen molar-refractivity contribution in [1.29, 1.82) is 0 Å². The Bertz CT molecular complexity index is 772. The summed E-state index contributed by atoms with van der Waals surface area (Å²) in [6.45, 7) is 6.69. The third kappa shape index (κ3) is 6.72. The molecule has 144 valence electrons. The lowest BCUT2D eigenvalue weighted by Crippen LogP contribution is -2.34. The summed E-state index contributed by atoms with van der Waals surface area (Å²) in [5.41, 5.74) is 3.12. The van der Waals surface area contributed by atoms with E-state index in [2.05, 4.69) is 19.2 Å². The molecule has 0 saturated heterocycles. The maximum atomic E-state index is 12.1. The quantitative estimate of drug-likeness (QED) is 0.722. The summed E-state index contributed by atoms with van der Waals surface area (Å²) in [5.74, 6) is 0.302. The molecule has 2 aromatic carbocycles. The van der Waals surface area contributed by atoms with Crippen molar-refractivity contribution >= 4 is 29.1 Å². The number of halogens is 1. The normalized spacial score (nSPS) is 10.7. The van der Waals surface area contributed by atoms with Crippen molar-refractivity contribution in [3.05, 3.63) is 64.7 Å². The zero-order chi connectivity index (χ0) is 19.8. The minimum absolute atomic E-state index is 0.0675. The van der Waals surface area contributed by atoms with Gasteiger partial charge in [-0.15, -0.1) is 0 Å². The molecule has 4 nitrogen and oxygen atoms in total. The molecule has 0 atom stereocenters. The first-order valence-electron chi connectivity index (χ1n) is 9.26. The number of amides is 2. The first-order valence-corrected chi connectivity index (χ1v) is 9.64. The van der Waals surface area contributed by atoms with Crippen LogP contribution in [0.2, 0.25) is 5.02 Å². The molecule has 0 bridgehead atoms. The number of nitrogens with one attached hydrogen (secondary N) is 1. The number of nitrogens with zero attached hydrogens (tertiary/aromatic N) is 1. The number of hydrogen-bond donors (Lipinski definition) is 1. The maximum Gasteiger partial charge on any atom is 0.223 e. The molecule has 2 rings (SSSR count). The zero-order valence-electron chi connectivity index (χ0n) is 16.2. The van der Waals surface area contributed by atoms with Crippen LogP contribution < -0.4 is 10.2 Å². The Hall–Kier alpha value is -2.33. The molecule has 0 aliphatic heterocycles. The van der Waals surface area contributed by atoms with Crippen LogP contribution in [-0.4, -0.2) is 24.9 Å². The summed E-state index contributed by atoms with van der Waals surface area (Å²) in [6, 6.07) is 15.5. The molecule has 5 heteroatoms. The Labute approximate surface area is 166 Å². The Balaban J connectivity index is 1.84. The van der Waals surface area contributed by atoms with Gasteiger partial charge in [-0.1, -0.05) is 49.7 Å². The van der Waals surface area contributed by atoms with Gasteiger partial charge in [-0.3, -0.25) is 9.59 Å². The molecule has 2 amide bonds. The molecule has 0 spiro atoms. The predicted molar refractivity (Wildman–Crippen MR) is 111 cm³/mol. The number of anilines is 1. The smallest absolute Gasteiger partial charge is 0.223 e. The van der Waals surface area contributed by atoms with Crippen LogP contribution in [0.25, 0.3) is 0 Å². The molecule has 27 heavy (non-hydrogen) atoms. The summed E-state index contributed by atoms with van der Waals surface area (Å²) in [7, 11) is 0. The third-order valence-corrected chi connectivity index (χ3v) is 4.67. The molecule has 0 fully saturated rings. The Morgan fingerprint density at radius 3 is 2.41 bits per heavy atom. The van der Waals surface area contributed by atoms with E-state index >= 15 is 0 Å². The Morgan fingerprint density at radius 2 is 1.81 bits per heavy atom. The molecular weight excluding hydrogens is 360 g/mol. The topological polar surface area (TPSA) is 49.4 Å². The van der Waals surface area contributed by atoms with Gasteiger partial charge in [-0.05, 0) is 47.7 Å². The van der Waals surface area contributed by atoms with Crippen molar-refractivity contribution in [2.75, 3.05) is 18.0 Å². The van der Waals surface area contributed by atoms with Gasteiger partial charge in [0.1, 0.15) is 0 Å². The molecule has 0 aliphatic carbocycles. The van der Waals surface area contributed by atoms with Crippen molar-refractivity contribution < 1.29 is 9.59 Å². The second-order valence-electron chi connectivity index (χ2n) is 6.90. The Kier molecular flexibility index (Phi) is 7.86. The maximum absolute atomic E-state index is 12.1. The highest BCUT2D eigenvalue weighted by molar-refractivity contribution is 6.30. The van der Waals surface area contributed by atoms with Gasteiger partial charge in [0.25, 0.3) is 0 Å². The highest BCUT2D eigenvalue weighted by Crippen LogP contribution is 2.20. The molecular formula is C22H27ClN2O2. The van der Waals surface area contributed by atoms with E-state index in [1.807, 2.05) is 48.5 Å². The lowest BCUT2D eigenvalue weighted by molar-refractivity contribution is -0.121. The molecule has 0 saturated carbocycles. The van der Waals surface area contributed by atoms with Gasteiger partial charge in [0.2, 0.25) is 11.8 Å². The summed E-state index contributed by atoms with van der Waals surface area (Å²) in [4.78, 5) is 25.8. The van der Waals surface area contributed by atoms with E-state index in [1.165, 1.54) is 12.5 Å². The predicted octanol–water partition coefficient (Wildman–Crippen LogP) is 4.57. The van der Waals surface area contributed by atoms with E-state index in [9.17, 15) is 9.59 Å². The molecule has 0 aromatic heterocycles. The number of carbonyl (C=O) groups is 2.